The molecule has 0 saturated heterocycles. The molecule has 0 amide bonds. The second-order valence-electron chi connectivity index (χ2n) is 15.4. The first kappa shape index (κ1) is 32.0. The summed E-state index contributed by atoms with van der Waals surface area (Å²) in [7, 11) is 0. The van der Waals surface area contributed by atoms with E-state index in [0.717, 1.165) is 63.2 Å². The summed E-state index contributed by atoms with van der Waals surface area (Å²) >= 11 is 0. The molecule has 0 saturated carbocycles. The Labute approximate surface area is 322 Å². The average Bonchev–Trinajstić information content (AvgIpc) is 3.52. The molecule has 7 aromatic carbocycles. The van der Waals surface area contributed by atoms with Gasteiger partial charge in [0.1, 0.15) is 28.6 Å². The van der Waals surface area contributed by atoms with E-state index in [0.29, 0.717) is 0 Å². The van der Waals surface area contributed by atoms with Crippen LogP contribution in [0.2, 0.25) is 0 Å². The van der Waals surface area contributed by atoms with Gasteiger partial charge in [0, 0.05) is 5.69 Å². The molecule has 0 aromatic heterocycles. The fourth-order valence-electron chi connectivity index (χ4n) is 9.40. The number of hydrogen-bond acceptors (Lipinski definition) is 5. The molecular formula is C50H39N2O3. The molecule has 0 bridgehead atoms. The summed E-state index contributed by atoms with van der Waals surface area (Å²) in [4.78, 5) is 4.94. The lowest BCUT2D eigenvalue weighted by Crippen LogP contribution is -2.46. The van der Waals surface area contributed by atoms with Gasteiger partial charge in [0.05, 0.1) is 0 Å². The minimum atomic E-state index is -0.717. The van der Waals surface area contributed by atoms with Gasteiger partial charge >= 0.3 is 0 Å². The van der Waals surface area contributed by atoms with Crippen molar-refractivity contribution in [3.05, 3.63) is 197 Å². The molecule has 1 radical (unpaired) electrons. The fraction of sp³-hybridized carbons (Fsp3) is 0.140. The molecule has 267 valence electrons. The standard InChI is InChI=1S/C50H39N2O3/c1-30(2)35-21-13-22-36(31(3)4)46(35)52-45(37-20-11-12-23-38(37)50(52,33-16-7-5-8-17-33)34-18-9-6-10-19-34)32-28-43-49-44(29-32)55-42-27-15-25-40-48(42)51(49)47-39(53-40)24-14-26-41(47)54-43/h5-31H,1-4H3. The van der Waals surface area contributed by atoms with Crippen LogP contribution in [0, 0.1) is 6.04 Å². The molecule has 0 aliphatic carbocycles. The minimum Gasteiger partial charge on any atom is -0.453 e. The van der Waals surface area contributed by atoms with E-state index in [1.807, 2.05) is 36.4 Å². The molecule has 4 aliphatic heterocycles. The Hall–Kier alpha value is -6.46. The van der Waals surface area contributed by atoms with E-state index in [2.05, 4.69) is 153 Å². The van der Waals surface area contributed by atoms with E-state index >= 15 is 0 Å². The molecule has 0 spiro atoms. The van der Waals surface area contributed by atoms with E-state index in [4.69, 9.17) is 14.2 Å². The third-order valence-electron chi connectivity index (χ3n) is 11.6. The topological polar surface area (TPSA) is 34.2 Å². The van der Waals surface area contributed by atoms with Gasteiger partial charge in [-0.15, -0.1) is 0 Å². The van der Waals surface area contributed by atoms with Crippen molar-refractivity contribution in [3.63, 3.8) is 0 Å². The number of rotatable bonds is 6. The van der Waals surface area contributed by atoms with Crippen molar-refractivity contribution in [1.82, 2.24) is 0 Å². The monoisotopic (exact) mass is 715 g/mol. The predicted molar refractivity (Wildman–Crippen MR) is 219 cm³/mol. The quantitative estimate of drug-likeness (QED) is 0.171. The van der Waals surface area contributed by atoms with Crippen molar-refractivity contribution in [2.75, 3.05) is 9.80 Å². The highest BCUT2D eigenvalue weighted by Crippen LogP contribution is 2.68. The molecule has 5 nitrogen and oxygen atoms in total. The number of ether oxygens (including phenoxy) is 3. The zero-order valence-electron chi connectivity index (χ0n) is 31.2. The second-order valence-corrected chi connectivity index (χ2v) is 15.4. The zero-order chi connectivity index (χ0) is 37.0. The lowest BCUT2D eigenvalue weighted by molar-refractivity contribution is 0.417. The summed E-state index contributed by atoms with van der Waals surface area (Å²) in [6.45, 7) is 9.23. The van der Waals surface area contributed by atoms with Gasteiger partial charge < -0.3 is 19.1 Å². The highest BCUT2D eigenvalue weighted by molar-refractivity contribution is 6.00. The first-order valence-corrected chi connectivity index (χ1v) is 19.2. The van der Waals surface area contributed by atoms with Gasteiger partial charge in [0.25, 0.3) is 0 Å². The molecule has 0 N–H and O–H groups in total. The molecule has 0 unspecified atom stereocenters. The summed E-state index contributed by atoms with van der Waals surface area (Å²) in [5.41, 5.74) is 11.6. The zero-order valence-corrected chi connectivity index (χ0v) is 31.2. The normalized spacial score (nSPS) is 15.3. The Kier molecular flexibility index (Phi) is 6.85. The lowest BCUT2D eigenvalue weighted by atomic mass is 9.76. The first-order chi connectivity index (χ1) is 26.9. The van der Waals surface area contributed by atoms with Crippen molar-refractivity contribution in [3.8, 4) is 34.5 Å². The number of hydrogen-bond donors (Lipinski definition) is 0. The van der Waals surface area contributed by atoms with Crippen LogP contribution in [-0.2, 0) is 5.54 Å². The second kappa shape index (κ2) is 11.8. The lowest BCUT2D eigenvalue weighted by Gasteiger charge is -2.47. The van der Waals surface area contributed by atoms with Crippen LogP contribution < -0.4 is 24.0 Å². The fourth-order valence-corrected chi connectivity index (χ4v) is 9.40. The van der Waals surface area contributed by atoms with Crippen molar-refractivity contribution in [2.45, 2.75) is 45.1 Å². The Morgan fingerprint density at radius 3 is 1.38 bits per heavy atom. The number of nitrogens with zero attached hydrogens (tertiary/aromatic N) is 2. The Balaban J connectivity index is 1.25. The summed E-state index contributed by atoms with van der Waals surface area (Å²) in [6, 6.07) is 55.4. The number of benzene rings is 7. The van der Waals surface area contributed by atoms with Crippen LogP contribution in [0.1, 0.15) is 78.5 Å². The van der Waals surface area contributed by atoms with Crippen molar-refractivity contribution in [2.24, 2.45) is 0 Å². The van der Waals surface area contributed by atoms with Crippen LogP contribution in [0.4, 0.5) is 22.7 Å². The molecule has 11 rings (SSSR count). The number of anilines is 4. The van der Waals surface area contributed by atoms with Gasteiger partial charge in [-0.2, -0.15) is 0 Å². The van der Waals surface area contributed by atoms with E-state index in [1.165, 1.54) is 39.1 Å². The van der Waals surface area contributed by atoms with E-state index in [-0.39, 0.29) is 11.8 Å². The van der Waals surface area contributed by atoms with E-state index < -0.39 is 5.54 Å². The molecule has 55 heavy (non-hydrogen) atoms. The van der Waals surface area contributed by atoms with Gasteiger partial charge in [-0.1, -0.05) is 143 Å². The maximum Gasteiger partial charge on any atom is 0.155 e. The van der Waals surface area contributed by atoms with Gasteiger partial charge in [0.15, 0.2) is 34.5 Å². The summed E-state index contributed by atoms with van der Waals surface area (Å²) in [5, 5.41) is 0. The predicted octanol–water partition coefficient (Wildman–Crippen LogP) is 13.5. The Morgan fingerprint density at radius 1 is 0.436 bits per heavy atom. The van der Waals surface area contributed by atoms with Crippen molar-refractivity contribution >= 4 is 22.7 Å². The maximum atomic E-state index is 6.89. The largest absolute Gasteiger partial charge is 0.453 e. The first-order valence-electron chi connectivity index (χ1n) is 19.2. The van der Waals surface area contributed by atoms with Gasteiger partial charge in [-0.05, 0) is 87.2 Å². The Morgan fingerprint density at radius 2 is 0.873 bits per heavy atom. The smallest absolute Gasteiger partial charge is 0.155 e. The van der Waals surface area contributed by atoms with E-state index in [1.54, 1.807) is 0 Å². The van der Waals surface area contributed by atoms with Crippen LogP contribution in [0.15, 0.2) is 152 Å². The van der Waals surface area contributed by atoms with Gasteiger partial charge in [-0.25, -0.2) is 0 Å². The SMILES string of the molecule is CC(C)c1cccc(C(C)C)c1N1[C](c2cc3c4c(c2)Oc2cccc5c2N4c2c(cccc2O3)O5)c2ccccc2C1(c1ccccc1)c1ccccc1. The van der Waals surface area contributed by atoms with Gasteiger partial charge in [-0.3, -0.25) is 4.90 Å². The minimum absolute atomic E-state index is 0.261. The summed E-state index contributed by atoms with van der Waals surface area (Å²) in [5.74, 6) is 5.02. The van der Waals surface area contributed by atoms with Crippen molar-refractivity contribution in [1.29, 1.82) is 0 Å². The van der Waals surface area contributed by atoms with Crippen LogP contribution in [0.5, 0.6) is 34.5 Å². The van der Waals surface area contributed by atoms with Crippen LogP contribution >= 0.6 is 0 Å². The van der Waals surface area contributed by atoms with Gasteiger partial charge in [0.2, 0.25) is 0 Å². The highest BCUT2D eigenvalue weighted by Gasteiger charge is 2.55. The van der Waals surface area contributed by atoms with E-state index in [9.17, 15) is 0 Å². The van der Waals surface area contributed by atoms with Crippen LogP contribution in [-0.4, -0.2) is 0 Å². The average molecular weight is 716 g/mol. The molecule has 5 heteroatoms. The van der Waals surface area contributed by atoms with Crippen molar-refractivity contribution < 1.29 is 14.2 Å². The van der Waals surface area contributed by atoms with Crippen LogP contribution in [0.25, 0.3) is 0 Å². The highest BCUT2D eigenvalue weighted by atomic mass is 16.5. The molecule has 7 aromatic rings. The molecule has 4 heterocycles. The number of para-hydroxylation sites is 3. The summed E-state index contributed by atoms with van der Waals surface area (Å²) in [6.07, 6.45) is 0. The molecular weight excluding hydrogens is 677 g/mol. The third-order valence-corrected chi connectivity index (χ3v) is 11.6. The number of fused-ring (bicyclic) bond motifs is 1. The summed E-state index contributed by atoms with van der Waals surface area (Å²) < 4.78 is 20.2. The molecule has 0 fully saturated rings. The Bertz CT molecular complexity index is 2530. The molecule has 4 aliphatic rings. The maximum absolute atomic E-state index is 6.89. The molecule has 0 atom stereocenters. The van der Waals surface area contributed by atoms with Crippen LogP contribution in [0.3, 0.4) is 0 Å². The third kappa shape index (κ3) is 4.35.